The summed E-state index contributed by atoms with van der Waals surface area (Å²) in [5, 5.41) is 0.992. The molecule has 0 saturated carbocycles. The number of rotatable bonds is 4. The second kappa shape index (κ2) is 4.61. The zero-order valence-corrected chi connectivity index (χ0v) is 8.87. The molecule has 1 aromatic carbocycles. The fraction of sp³-hybridized carbons (Fsp3) is 0.333. The van der Waals surface area contributed by atoms with Crippen LogP contribution in [0.4, 0.5) is 8.78 Å². The monoisotopic (exact) mass is 224 g/mol. The number of alkyl halides is 2. The van der Waals surface area contributed by atoms with E-state index in [1.807, 2.05) is 24.3 Å². The molecule has 0 unspecified atom stereocenters. The van der Waals surface area contributed by atoms with Gasteiger partial charge in [-0.2, -0.15) is 0 Å². The number of benzene rings is 1. The Bertz CT molecular complexity index is 477. The van der Waals surface area contributed by atoms with Gasteiger partial charge in [-0.15, -0.1) is 0 Å². The molecule has 2 nitrogen and oxygen atoms in total. The third-order valence-corrected chi connectivity index (χ3v) is 2.60. The highest BCUT2D eigenvalue weighted by atomic mass is 19.3. The molecule has 0 aliphatic carbocycles. The summed E-state index contributed by atoms with van der Waals surface area (Å²) in [6.07, 6.45) is 0.193. The summed E-state index contributed by atoms with van der Waals surface area (Å²) in [6.45, 7) is 0.350. The number of aromatic nitrogens is 1. The lowest BCUT2D eigenvalue weighted by molar-refractivity contribution is 0.128. The van der Waals surface area contributed by atoms with E-state index in [2.05, 4.69) is 0 Å². The molecule has 0 amide bonds. The van der Waals surface area contributed by atoms with E-state index >= 15 is 0 Å². The number of hydrogen-bond donors (Lipinski definition) is 1. The number of nitrogens with two attached hydrogens (primary N) is 1. The Morgan fingerprint density at radius 2 is 2.06 bits per heavy atom. The van der Waals surface area contributed by atoms with Crippen LogP contribution in [0.3, 0.4) is 0 Å². The SMILES string of the molecule is NCCc1ccc2c(ccn2CC(F)F)c1. The first-order valence-corrected chi connectivity index (χ1v) is 5.26. The minimum atomic E-state index is -2.32. The van der Waals surface area contributed by atoms with Crippen LogP contribution in [0.5, 0.6) is 0 Å². The van der Waals surface area contributed by atoms with Crippen LogP contribution in [0.25, 0.3) is 10.9 Å². The van der Waals surface area contributed by atoms with Crippen molar-refractivity contribution in [2.24, 2.45) is 5.73 Å². The van der Waals surface area contributed by atoms with Crippen LogP contribution in [0, 0.1) is 0 Å². The largest absolute Gasteiger partial charge is 0.342 e. The van der Waals surface area contributed by atoms with Gasteiger partial charge < -0.3 is 10.3 Å². The van der Waals surface area contributed by atoms with E-state index in [1.54, 1.807) is 10.8 Å². The standard InChI is InChI=1S/C12H14F2N2/c13-12(14)8-16-6-4-10-7-9(3-5-15)1-2-11(10)16/h1-2,4,6-7,12H,3,5,8,15H2. The second-order valence-electron chi connectivity index (χ2n) is 3.79. The fourth-order valence-electron chi connectivity index (χ4n) is 1.88. The van der Waals surface area contributed by atoms with Crippen molar-refractivity contribution < 1.29 is 8.78 Å². The molecule has 4 heteroatoms. The van der Waals surface area contributed by atoms with Crippen LogP contribution in [0.1, 0.15) is 5.56 Å². The molecule has 2 aromatic rings. The highest BCUT2D eigenvalue weighted by Crippen LogP contribution is 2.18. The summed E-state index contributed by atoms with van der Waals surface area (Å²) < 4.78 is 26.2. The maximum atomic E-state index is 12.3. The van der Waals surface area contributed by atoms with Crippen molar-refractivity contribution in [3.05, 3.63) is 36.0 Å². The van der Waals surface area contributed by atoms with E-state index in [1.165, 1.54) is 0 Å². The van der Waals surface area contributed by atoms with E-state index in [-0.39, 0.29) is 6.54 Å². The average Bonchev–Trinajstić information content (AvgIpc) is 2.61. The van der Waals surface area contributed by atoms with E-state index in [0.717, 1.165) is 22.9 Å². The number of fused-ring (bicyclic) bond motifs is 1. The highest BCUT2D eigenvalue weighted by Gasteiger charge is 2.07. The van der Waals surface area contributed by atoms with Gasteiger partial charge >= 0.3 is 0 Å². The third-order valence-electron chi connectivity index (χ3n) is 2.60. The Labute approximate surface area is 92.7 Å². The first-order chi connectivity index (χ1) is 7.70. The van der Waals surface area contributed by atoms with Crippen LogP contribution in [-0.2, 0) is 13.0 Å². The third kappa shape index (κ3) is 2.22. The predicted molar refractivity (Wildman–Crippen MR) is 60.7 cm³/mol. The lowest BCUT2D eigenvalue weighted by Gasteiger charge is -2.05. The zero-order chi connectivity index (χ0) is 11.5. The van der Waals surface area contributed by atoms with E-state index in [9.17, 15) is 8.78 Å². The van der Waals surface area contributed by atoms with Gasteiger partial charge in [0, 0.05) is 11.7 Å². The van der Waals surface area contributed by atoms with Crippen molar-refractivity contribution in [2.75, 3.05) is 6.54 Å². The summed E-state index contributed by atoms with van der Waals surface area (Å²) in [5.41, 5.74) is 7.46. The normalized spacial score (nSPS) is 11.5. The molecule has 1 aromatic heterocycles. The highest BCUT2D eigenvalue weighted by molar-refractivity contribution is 5.80. The van der Waals surface area contributed by atoms with Gasteiger partial charge in [0.2, 0.25) is 0 Å². The molecule has 2 rings (SSSR count). The Morgan fingerprint density at radius 1 is 1.25 bits per heavy atom. The minimum Gasteiger partial charge on any atom is -0.342 e. The Morgan fingerprint density at radius 3 is 2.75 bits per heavy atom. The number of hydrogen-bond acceptors (Lipinski definition) is 1. The van der Waals surface area contributed by atoms with Crippen LogP contribution in [0.15, 0.2) is 30.5 Å². The van der Waals surface area contributed by atoms with Crippen molar-refractivity contribution in [1.82, 2.24) is 4.57 Å². The van der Waals surface area contributed by atoms with Crippen molar-refractivity contribution in [3.63, 3.8) is 0 Å². The van der Waals surface area contributed by atoms with Gasteiger partial charge in [0.1, 0.15) is 0 Å². The molecule has 0 spiro atoms. The van der Waals surface area contributed by atoms with Crippen molar-refractivity contribution in [1.29, 1.82) is 0 Å². The molecule has 2 N–H and O–H groups in total. The van der Waals surface area contributed by atoms with Crippen molar-refractivity contribution in [3.8, 4) is 0 Å². The van der Waals surface area contributed by atoms with Crippen molar-refractivity contribution in [2.45, 2.75) is 19.4 Å². The predicted octanol–water partition coefficient (Wildman–Crippen LogP) is 2.41. The van der Waals surface area contributed by atoms with Gasteiger partial charge in [-0.1, -0.05) is 6.07 Å². The quantitative estimate of drug-likeness (QED) is 0.849. The first-order valence-electron chi connectivity index (χ1n) is 5.26. The molecule has 86 valence electrons. The molecule has 16 heavy (non-hydrogen) atoms. The van der Waals surface area contributed by atoms with Gasteiger partial charge in [0.15, 0.2) is 0 Å². The van der Waals surface area contributed by atoms with Crippen LogP contribution in [0.2, 0.25) is 0 Å². The molecule has 1 heterocycles. The Hall–Kier alpha value is -1.42. The summed E-state index contributed by atoms with van der Waals surface area (Å²) >= 11 is 0. The molecule has 0 bridgehead atoms. The Kier molecular flexibility index (Phi) is 3.19. The lowest BCUT2D eigenvalue weighted by Crippen LogP contribution is -2.05. The van der Waals surface area contributed by atoms with Gasteiger partial charge in [-0.25, -0.2) is 8.78 Å². The number of halogens is 2. The summed E-state index contributed by atoms with van der Waals surface area (Å²) in [6, 6.07) is 7.68. The summed E-state index contributed by atoms with van der Waals surface area (Å²) in [5.74, 6) is 0. The number of nitrogens with zero attached hydrogens (tertiary/aromatic N) is 1. The van der Waals surface area contributed by atoms with E-state index < -0.39 is 6.43 Å². The molecule has 0 saturated heterocycles. The molecule has 0 atom stereocenters. The Balaban J connectivity index is 2.34. The van der Waals surface area contributed by atoms with Crippen LogP contribution >= 0.6 is 0 Å². The molecular formula is C12H14F2N2. The second-order valence-corrected chi connectivity index (χ2v) is 3.79. The van der Waals surface area contributed by atoms with Gasteiger partial charge in [0.25, 0.3) is 6.43 Å². The molecule has 0 aliphatic rings. The summed E-state index contributed by atoms with van der Waals surface area (Å²) in [4.78, 5) is 0. The zero-order valence-electron chi connectivity index (χ0n) is 8.87. The van der Waals surface area contributed by atoms with E-state index in [4.69, 9.17) is 5.73 Å². The smallest absolute Gasteiger partial charge is 0.256 e. The van der Waals surface area contributed by atoms with Gasteiger partial charge in [-0.05, 0) is 42.1 Å². The molecule has 0 radical (unpaired) electrons. The van der Waals surface area contributed by atoms with Crippen LogP contribution in [-0.4, -0.2) is 17.5 Å². The molecule has 0 fully saturated rings. The van der Waals surface area contributed by atoms with Crippen molar-refractivity contribution >= 4 is 10.9 Å². The maximum absolute atomic E-state index is 12.3. The van der Waals surface area contributed by atoms with Gasteiger partial charge in [0.05, 0.1) is 6.54 Å². The topological polar surface area (TPSA) is 30.9 Å². The first kappa shape index (κ1) is 11.1. The molecular weight excluding hydrogens is 210 g/mol. The molecule has 0 aliphatic heterocycles. The van der Waals surface area contributed by atoms with Gasteiger partial charge in [-0.3, -0.25) is 0 Å². The van der Waals surface area contributed by atoms with Crippen LogP contribution < -0.4 is 5.73 Å². The fourth-order valence-corrected chi connectivity index (χ4v) is 1.88. The minimum absolute atomic E-state index is 0.250. The van der Waals surface area contributed by atoms with E-state index in [0.29, 0.717) is 6.54 Å². The maximum Gasteiger partial charge on any atom is 0.256 e. The lowest BCUT2D eigenvalue weighted by atomic mass is 10.1. The summed E-state index contributed by atoms with van der Waals surface area (Å²) in [7, 11) is 0. The average molecular weight is 224 g/mol.